The van der Waals surface area contributed by atoms with Crippen molar-refractivity contribution in [2.75, 3.05) is 20.3 Å². The van der Waals surface area contributed by atoms with Crippen LogP contribution in [0.3, 0.4) is 0 Å². The number of halogens is 2. The van der Waals surface area contributed by atoms with Gasteiger partial charge in [-0.15, -0.1) is 11.8 Å². The van der Waals surface area contributed by atoms with Crippen molar-refractivity contribution in [3.63, 3.8) is 0 Å². The molecule has 0 bridgehead atoms. The van der Waals surface area contributed by atoms with Gasteiger partial charge in [-0.05, 0) is 72.8 Å². The molecule has 0 saturated heterocycles. The first kappa shape index (κ1) is 35.0. The number of fused-ring (bicyclic) bond motifs is 3. The van der Waals surface area contributed by atoms with E-state index in [1.807, 2.05) is 47.5 Å². The Morgan fingerprint density at radius 2 is 1.94 bits per heavy atom. The van der Waals surface area contributed by atoms with E-state index in [0.29, 0.717) is 89.6 Å². The molecule has 0 atom stereocenters. The normalized spacial score (nSPS) is 12.9. The van der Waals surface area contributed by atoms with Crippen molar-refractivity contribution in [1.29, 1.82) is 0 Å². The average Bonchev–Trinajstić information content (AvgIpc) is 3.78. The number of carbonyl (C=O) groups is 1. The van der Waals surface area contributed by atoms with Crippen LogP contribution in [0, 0.1) is 12.7 Å². The Hall–Kier alpha value is -4.40. The van der Waals surface area contributed by atoms with Crippen molar-refractivity contribution in [2.45, 2.75) is 56.9 Å². The Morgan fingerprint density at radius 3 is 2.71 bits per heavy atom. The average molecular weight is 734 g/mol. The third kappa shape index (κ3) is 6.60. The Balaban J connectivity index is 1.19. The molecular formula is C37H37ClFN5O6S. The second-order valence-electron chi connectivity index (χ2n) is 12.3. The molecule has 0 fully saturated rings. The molecule has 0 unspecified atom stereocenters. The van der Waals surface area contributed by atoms with Gasteiger partial charge < -0.3 is 29.0 Å². The fourth-order valence-corrected chi connectivity index (χ4v) is 8.12. The highest BCUT2D eigenvalue weighted by Crippen LogP contribution is 2.43. The summed E-state index contributed by atoms with van der Waals surface area (Å²) in [6.45, 7) is 3.60. The van der Waals surface area contributed by atoms with Crippen molar-refractivity contribution >= 4 is 51.0 Å². The topological polar surface area (TPSA) is 126 Å². The van der Waals surface area contributed by atoms with E-state index in [9.17, 15) is 19.4 Å². The maximum absolute atomic E-state index is 14.3. The Morgan fingerprint density at radius 1 is 1.10 bits per heavy atom. The highest BCUT2D eigenvalue weighted by Gasteiger charge is 2.29. The van der Waals surface area contributed by atoms with E-state index in [1.54, 1.807) is 28.6 Å². The molecule has 0 spiro atoms. The van der Waals surface area contributed by atoms with Gasteiger partial charge in [0.2, 0.25) is 0 Å². The first-order valence-electron chi connectivity index (χ1n) is 16.5. The minimum atomic E-state index is -0.480. The molecule has 0 aliphatic carbocycles. The number of esters is 1. The lowest BCUT2D eigenvalue weighted by atomic mass is 9.96. The van der Waals surface area contributed by atoms with Crippen LogP contribution < -0.4 is 4.74 Å². The molecule has 3 aromatic carbocycles. The van der Waals surface area contributed by atoms with Crippen molar-refractivity contribution in [3.8, 4) is 16.9 Å². The second kappa shape index (κ2) is 14.7. The lowest BCUT2D eigenvalue weighted by Crippen LogP contribution is -2.17. The minimum Gasteiger partial charge on any atom is -0.493 e. The first-order chi connectivity index (χ1) is 24.7. The number of hydrogen-bond donors (Lipinski definition) is 2. The molecule has 1 aliphatic heterocycles. The Kier molecular flexibility index (Phi) is 10.1. The van der Waals surface area contributed by atoms with Gasteiger partial charge in [0.25, 0.3) is 0 Å². The molecule has 3 aromatic heterocycles. The monoisotopic (exact) mass is 733 g/mol. The van der Waals surface area contributed by atoms with Crippen molar-refractivity contribution < 1.29 is 33.6 Å². The van der Waals surface area contributed by atoms with Gasteiger partial charge in [0, 0.05) is 62.4 Å². The van der Waals surface area contributed by atoms with Gasteiger partial charge in [0.1, 0.15) is 17.3 Å². The number of hydrogen-bond acceptors (Lipinski definition) is 9. The Bertz CT molecular complexity index is 2280. The third-order valence-corrected chi connectivity index (χ3v) is 10.6. The maximum atomic E-state index is 14.3. The van der Waals surface area contributed by atoms with Gasteiger partial charge in [0.15, 0.2) is 0 Å². The van der Waals surface area contributed by atoms with E-state index < -0.39 is 5.97 Å². The van der Waals surface area contributed by atoms with E-state index in [1.165, 1.54) is 19.2 Å². The molecule has 1 aliphatic rings. The summed E-state index contributed by atoms with van der Waals surface area (Å²) in [7, 11) is 3.19. The molecule has 7 rings (SSSR count). The van der Waals surface area contributed by atoms with Gasteiger partial charge in [-0.2, -0.15) is 10.2 Å². The number of aliphatic hydroxyl groups is 2. The standard InChI is InChI=1S/C37H37ClFN5O6S/c1-21-33-30(8-7-28(38)34(33)35-29(18-46)41-44-10-12-49-19-31(35)44)43(36(21)37(47)48-3)9-4-11-50-32-16-26(14-22-13-23(39)5-6-27(22)32)51-20-25-15-24(17-45)40-42(25)2/h5-8,13-16,45-46H,4,9-12,17-20H2,1-3H3. The molecular weight excluding hydrogens is 697 g/mol. The largest absolute Gasteiger partial charge is 0.493 e. The summed E-state index contributed by atoms with van der Waals surface area (Å²) in [6.07, 6.45) is 0.531. The highest BCUT2D eigenvalue weighted by molar-refractivity contribution is 7.98. The lowest BCUT2D eigenvalue weighted by molar-refractivity contribution is 0.0587. The van der Waals surface area contributed by atoms with Crippen LogP contribution >= 0.6 is 23.4 Å². The van der Waals surface area contributed by atoms with E-state index in [4.69, 9.17) is 25.8 Å². The number of carbonyl (C=O) groups excluding carboxylic acids is 1. The Labute approximate surface area is 302 Å². The summed E-state index contributed by atoms with van der Waals surface area (Å²) in [6, 6.07) is 14.1. The molecule has 51 heavy (non-hydrogen) atoms. The van der Waals surface area contributed by atoms with Crippen LogP contribution in [0.1, 0.15) is 45.2 Å². The van der Waals surface area contributed by atoms with Crippen molar-refractivity contribution in [2.24, 2.45) is 7.05 Å². The summed E-state index contributed by atoms with van der Waals surface area (Å²) < 4.78 is 37.2. The van der Waals surface area contributed by atoms with Crippen molar-refractivity contribution in [1.82, 2.24) is 24.1 Å². The summed E-state index contributed by atoms with van der Waals surface area (Å²) in [5, 5.41) is 31.5. The number of ether oxygens (including phenoxy) is 3. The van der Waals surface area contributed by atoms with Crippen LogP contribution in [-0.4, -0.2) is 60.6 Å². The number of aliphatic hydroxyl groups excluding tert-OH is 2. The summed E-state index contributed by atoms with van der Waals surface area (Å²) in [5.41, 5.74) is 6.15. The molecule has 11 nitrogen and oxygen atoms in total. The van der Waals surface area contributed by atoms with Crippen molar-refractivity contribution in [3.05, 3.63) is 93.4 Å². The molecule has 0 amide bonds. The number of rotatable bonds is 12. The summed E-state index contributed by atoms with van der Waals surface area (Å²) in [4.78, 5) is 14.2. The number of methoxy groups -OCH3 is 1. The quantitative estimate of drug-likeness (QED) is 0.0818. The lowest BCUT2D eigenvalue weighted by Gasteiger charge is -2.17. The zero-order valence-electron chi connectivity index (χ0n) is 28.4. The fraction of sp³-hybridized carbons (Fsp3) is 0.324. The van der Waals surface area contributed by atoms with Crippen LogP contribution in [0.2, 0.25) is 5.02 Å². The van der Waals surface area contributed by atoms with Gasteiger partial charge in [0.05, 0.1) is 63.8 Å². The molecule has 14 heteroatoms. The zero-order chi connectivity index (χ0) is 35.8. The van der Waals surface area contributed by atoms with Crippen LogP contribution in [-0.2, 0) is 55.2 Å². The number of nitrogens with zero attached hydrogens (tertiary/aromatic N) is 5. The number of aryl methyl sites for hydroxylation is 3. The SMILES string of the molecule is COC(=O)c1c(C)c2c(-c3c(CO)nn4c3COCC4)c(Cl)ccc2n1CCCOc1cc(SCc2cc(CO)nn2C)cc2cc(F)ccc12. The highest BCUT2D eigenvalue weighted by atomic mass is 35.5. The molecule has 0 radical (unpaired) electrons. The van der Waals surface area contributed by atoms with Gasteiger partial charge in [-0.1, -0.05) is 11.6 Å². The number of thioether (sulfide) groups is 1. The zero-order valence-corrected chi connectivity index (χ0v) is 30.0. The van der Waals surface area contributed by atoms with Crippen LogP contribution in [0.15, 0.2) is 53.4 Å². The predicted octanol–water partition coefficient (Wildman–Crippen LogP) is 6.56. The maximum Gasteiger partial charge on any atom is 0.354 e. The molecule has 2 N–H and O–H groups in total. The smallest absolute Gasteiger partial charge is 0.354 e. The molecule has 4 heterocycles. The van der Waals surface area contributed by atoms with Crippen LogP contribution in [0.4, 0.5) is 4.39 Å². The van der Waals surface area contributed by atoms with E-state index in [2.05, 4.69) is 10.2 Å². The fourth-order valence-electron chi connectivity index (χ4n) is 6.88. The number of aromatic nitrogens is 5. The minimum absolute atomic E-state index is 0.132. The number of benzene rings is 3. The van der Waals surface area contributed by atoms with Gasteiger partial charge >= 0.3 is 5.97 Å². The molecule has 0 saturated carbocycles. The van der Waals surface area contributed by atoms with Crippen LogP contribution in [0.25, 0.3) is 32.8 Å². The summed E-state index contributed by atoms with van der Waals surface area (Å²) in [5.74, 6) is 0.402. The van der Waals surface area contributed by atoms with E-state index in [-0.39, 0.29) is 19.0 Å². The van der Waals surface area contributed by atoms with Crippen LogP contribution in [0.5, 0.6) is 5.75 Å². The molecule has 266 valence electrons. The van der Waals surface area contributed by atoms with E-state index >= 15 is 0 Å². The molecule has 6 aromatic rings. The van der Waals surface area contributed by atoms with Gasteiger partial charge in [-0.3, -0.25) is 9.36 Å². The van der Waals surface area contributed by atoms with Gasteiger partial charge in [-0.25, -0.2) is 9.18 Å². The third-order valence-electron chi connectivity index (χ3n) is 9.23. The predicted molar refractivity (Wildman–Crippen MR) is 193 cm³/mol. The second-order valence-corrected chi connectivity index (χ2v) is 13.8. The van der Waals surface area contributed by atoms with E-state index in [0.717, 1.165) is 38.0 Å². The first-order valence-corrected chi connectivity index (χ1v) is 17.9. The summed E-state index contributed by atoms with van der Waals surface area (Å²) >= 11 is 8.47.